The van der Waals surface area contributed by atoms with Crippen molar-refractivity contribution in [1.29, 1.82) is 0 Å². The molecule has 1 aromatic rings. The van der Waals surface area contributed by atoms with Gasteiger partial charge in [0.1, 0.15) is 5.82 Å². The van der Waals surface area contributed by atoms with E-state index in [4.69, 9.17) is 17.2 Å². The van der Waals surface area contributed by atoms with Gasteiger partial charge in [0.2, 0.25) is 0 Å². The van der Waals surface area contributed by atoms with Gasteiger partial charge in [0.25, 0.3) is 0 Å². The van der Waals surface area contributed by atoms with Crippen LogP contribution in [0.2, 0.25) is 0 Å². The average Bonchev–Trinajstić information content (AvgIpc) is 2.41. The van der Waals surface area contributed by atoms with Crippen LogP contribution in [-0.2, 0) is 26.7 Å². The van der Waals surface area contributed by atoms with Gasteiger partial charge >= 0.3 is 0 Å². The van der Waals surface area contributed by atoms with Crippen molar-refractivity contribution in [2.45, 2.75) is 19.6 Å². The second-order valence-electron chi connectivity index (χ2n) is 2.59. The predicted octanol–water partition coefficient (Wildman–Crippen LogP) is -1.20. The van der Waals surface area contributed by atoms with Crippen molar-refractivity contribution in [3.05, 3.63) is 17.2 Å². The molecule has 0 unspecified atom stereocenters. The van der Waals surface area contributed by atoms with Crippen LogP contribution in [-0.4, -0.2) is 9.55 Å². The van der Waals surface area contributed by atoms with Crippen molar-refractivity contribution in [2.75, 3.05) is 0 Å². The van der Waals surface area contributed by atoms with E-state index in [1.165, 1.54) is 0 Å². The molecule has 0 aliphatic heterocycles. The van der Waals surface area contributed by atoms with Crippen LogP contribution in [0, 0.1) is 0 Å². The van der Waals surface area contributed by atoms with Gasteiger partial charge in [-0.05, 0) is 0 Å². The number of hydrogen-bond donors (Lipinski definition) is 3. The molecule has 12 heavy (non-hydrogen) atoms. The molecule has 68 valence electrons. The molecule has 0 atom stereocenters. The Morgan fingerprint density at radius 3 is 2.17 bits per heavy atom. The minimum absolute atomic E-state index is 0.417. The van der Waals surface area contributed by atoms with E-state index in [-0.39, 0.29) is 0 Å². The molecule has 0 bridgehead atoms. The first-order chi connectivity index (χ1) is 5.74. The lowest BCUT2D eigenvalue weighted by molar-refractivity contribution is 0.747. The highest BCUT2D eigenvalue weighted by Crippen LogP contribution is 2.08. The zero-order valence-electron chi connectivity index (χ0n) is 7.25. The van der Waals surface area contributed by atoms with E-state index in [0.717, 1.165) is 17.2 Å². The SMILES string of the molecule is Cn1c(CN)nc(CN)c1CN. The second-order valence-corrected chi connectivity index (χ2v) is 2.59. The van der Waals surface area contributed by atoms with Crippen LogP contribution in [0.15, 0.2) is 0 Å². The van der Waals surface area contributed by atoms with E-state index in [1.54, 1.807) is 0 Å². The van der Waals surface area contributed by atoms with Crippen LogP contribution in [0.4, 0.5) is 0 Å². The molecule has 6 N–H and O–H groups in total. The molecule has 0 aliphatic carbocycles. The summed E-state index contributed by atoms with van der Waals surface area (Å²) in [6.07, 6.45) is 0. The molecule has 0 saturated heterocycles. The summed E-state index contributed by atoms with van der Waals surface area (Å²) >= 11 is 0. The number of nitrogens with two attached hydrogens (primary N) is 3. The Kier molecular flexibility index (Phi) is 2.80. The minimum atomic E-state index is 0.417. The molecule has 0 fully saturated rings. The summed E-state index contributed by atoms with van der Waals surface area (Å²) in [5.74, 6) is 0.830. The van der Waals surface area contributed by atoms with E-state index in [1.807, 2.05) is 11.6 Å². The molecule has 1 heterocycles. The van der Waals surface area contributed by atoms with Crippen molar-refractivity contribution < 1.29 is 0 Å². The van der Waals surface area contributed by atoms with E-state index >= 15 is 0 Å². The number of nitrogens with zero attached hydrogens (tertiary/aromatic N) is 2. The summed E-state index contributed by atoms with van der Waals surface area (Å²) in [5.41, 5.74) is 18.3. The molecule has 0 aromatic carbocycles. The highest BCUT2D eigenvalue weighted by atomic mass is 15.1. The third-order valence-corrected chi connectivity index (χ3v) is 1.96. The Morgan fingerprint density at radius 2 is 1.83 bits per heavy atom. The minimum Gasteiger partial charge on any atom is -0.333 e. The lowest BCUT2D eigenvalue weighted by Gasteiger charge is -2.01. The molecule has 1 rings (SSSR count). The van der Waals surface area contributed by atoms with Gasteiger partial charge in [-0.1, -0.05) is 0 Å². The zero-order chi connectivity index (χ0) is 9.14. The van der Waals surface area contributed by atoms with Gasteiger partial charge in [0.15, 0.2) is 0 Å². The molecule has 5 nitrogen and oxygen atoms in total. The molecule has 0 amide bonds. The van der Waals surface area contributed by atoms with Gasteiger partial charge in [-0.3, -0.25) is 0 Å². The van der Waals surface area contributed by atoms with Gasteiger partial charge in [-0.2, -0.15) is 0 Å². The van der Waals surface area contributed by atoms with Gasteiger partial charge in [-0.15, -0.1) is 0 Å². The first-order valence-corrected chi connectivity index (χ1v) is 3.88. The van der Waals surface area contributed by atoms with Crippen LogP contribution >= 0.6 is 0 Å². The molecule has 0 spiro atoms. The Balaban J connectivity index is 3.13. The maximum atomic E-state index is 5.54. The predicted molar refractivity (Wildman–Crippen MR) is 46.9 cm³/mol. The largest absolute Gasteiger partial charge is 0.333 e. The summed E-state index contributed by atoms with van der Waals surface area (Å²) < 4.78 is 1.90. The van der Waals surface area contributed by atoms with E-state index in [2.05, 4.69) is 4.98 Å². The topological polar surface area (TPSA) is 95.9 Å². The van der Waals surface area contributed by atoms with Crippen molar-refractivity contribution in [3.63, 3.8) is 0 Å². The Hall–Kier alpha value is -0.910. The summed E-state index contributed by atoms with van der Waals surface area (Å²) in [6.45, 7) is 1.29. The van der Waals surface area contributed by atoms with Crippen LogP contribution < -0.4 is 17.2 Å². The smallest absolute Gasteiger partial charge is 0.122 e. The first-order valence-electron chi connectivity index (χ1n) is 3.88. The van der Waals surface area contributed by atoms with Crippen molar-refractivity contribution in [2.24, 2.45) is 24.2 Å². The van der Waals surface area contributed by atoms with Gasteiger partial charge in [0, 0.05) is 20.1 Å². The summed E-state index contributed by atoms with van der Waals surface area (Å²) in [7, 11) is 1.90. The van der Waals surface area contributed by atoms with Gasteiger partial charge in [0.05, 0.1) is 17.9 Å². The van der Waals surface area contributed by atoms with Gasteiger partial charge < -0.3 is 21.8 Å². The van der Waals surface area contributed by atoms with Crippen molar-refractivity contribution in [1.82, 2.24) is 9.55 Å². The van der Waals surface area contributed by atoms with E-state index in [0.29, 0.717) is 19.6 Å². The number of hydrogen-bond acceptors (Lipinski definition) is 4. The molecule has 0 saturated carbocycles. The highest BCUT2D eigenvalue weighted by molar-refractivity contribution is 5.16. The highest BCUT2D eigenvalue weighted by Gasteiger charge is 2.09. The summed E-state index contributed by atoms with van der Waals surface area (Å²) in [5, 5.41) is 0. The quantitative estimate of drug-likeness (QED) is 0.529. The zero-order valence-corrected chi connectivity index (χ0v) is 7.25. The normalized spacial score (nSPS) is 10.7. The Labute approximate surface area is 71.5 Å². The third-order valence-electron chi connectivity index (χ3n) is 1.96. The van der Waals surface area contributed by atoms with Crippen LogP contribution in [0.3, 0.4) is 0 Å². The summed E-state index contributed by atoms with van der Waals surface area (Å²) in [4.78, 5) is 4.25. The number of aromatic nitrogens is 2. The molecule has 0 aliphatic rings. The summed E-state index contributed by atoms with van der Waals surface area (Å²) in [6, 6.07) is 0. The van der Waals surface area contributed by atoms with Crippen molar-refractivity contribution in [3.8, 4) is 0 Å². The average molecular weight is 169 g/mol. The number of imidazole rings is 1. The molecular weight excluding hydrogens is 154 g/mol. The maximum Gasteiger partial charge on any atom is 0.122 e. The molecule has 5 heteroatoms. The lowest BCUT2D eigenvalue weighted by Crippen LogP contribution is -2.10. The monoisotopic (exact) mass is 169 g/mol. The molecule has 1 aromatic heterocycles. The number of rotatable bonds is 3. The van der Waals surface area contributed by atoms with Gasteiger partial charge in [-0.25, -0.2) is 4.98 Å². The van der Waals surface area contributed by atoms with Crippen LogP contribution in [0.1, 0.15) is 17.2 Å². The van der Waals surface area contributed by atoms with Crippen LogP contribution in [0.5, 0.6) is 0 Å². The Morgan fingerprint density at radius 1 is 1.17 bits per heavy atom. The fourth-order valence-corrected chi connectivity index (χ4v) is 1.25. The van der Waals surface area contributed by atoms with E-state index < -0.39 is 0 Å². The Bertz CT molecular complexity index is 265. The second kappa shape index (κ2) is 3.66. The van der Waals surface area contributed by atoms with Crippen molar-refractivity contribution >= 4 is 0 Å². The first kappa shape index (κ1) is 9.18. The van der Waals surface area contributed by atoms with E-state index in [9.17, 15) is 0 Å². The fourth-order valence-electron chi connectivity index (χ4n) is 1.25. The molecular formula is C7H15N5. The lowest BCUT2D eigenvalue weighted by atomic mass is 10.3. The van der Waals surface area contributed by atoms with Crippen LogP contribution in [0.25, 0.3) is 0 Å². The third kappa shape index (κ3) is 1.34. The molecule has 0 radical (unpaired) electrons. The standard InChI is InChI=1S/C7H15N5/c1-12-6(3-9)5(2-8)11-7(12)4-10/h2-4,8-10H2,1H3. The fraction of sp³-hybridized carbons (Fsp3) is 0.571. The maximum absolute atomic E-state index is 5.54.